The van der Waals surface area contributed by atoms with Crippen molar-refractivity contribution in [2.75, 3.05) is 76.9 Å². The largest absolute Gasteiger partial charge is 0.490 e. The van der Waals surface area contributed by atoms with Gasteiger partial charge in [0.05, 0.1) is 36.2 Å². The van der Waals surface area contributed by atoms with Gasteiger partial charge in [0.1, 0.15) is 35.6 Å². The van der Waals surface area contributed by atoms with Crippen LogP contribution in [-0.2, 0) is 14.3 Å². The molecule has 3 aliphatic heterocycles. The highest BCUT2D eigenvalue weighted by Gasteiger charge is 2.46. The second kappa shape index (κ2) is 16.3. The molecule has 1 aliphatic carbocycles. The third kappa shape index (κ3) is 7.76. The zero-order valence-electron chi connectivity index (χ0n) is 32.1. The Bertz CT molecular complexity index is 2190. The number of benzene rings is 1. The van der Waals surface area contributed by atoms with Gasteiger partial charge in [0, 0.05) is 70.9 Å². The molecule has 1 atom stereocenters. The Kier molecular flexibility index (Phi) is 10.8. The van der Waals surface area contributed by atoms with Crippen molar-refractivity contribution in [3.63, 3.8) is 0 Å². The van der Waals surface area contributed by atoms with Gasteiger partial charge in [-0.2, -0.15) is 4.98 Å². The van der Waals surface area contributed by atoms with Crippen molar-refractivity contribution >= 4 is 58.0 Å². The van der Waals surface area contributed by atoms with E-state index in [1.165, 1.54) is 6.07 Å². The van der Waals surface area contributed by atoms with E-state index in [1.807, 2.05) is 24.4 Å². The number of piperazine rings is 1. The first-order chi connectivity index (χ1) is 27.7. The monoisotopic (exact) mass is 778 g/mol. The molecular formula is C40H46N10O7. The number of ether oxygens (including phenoxy) is 2. The van der Waals surface area contributed by atoms with Gasteiger partial charge in [-0.1, -0.05) is 18.9 Å². The van der Waals surface area contributed by atoms with Gasteiger partial charge in [0.2, 0.25) is 17.8 Å². The normalized spacial score (nSPS) is 19.0. The summed E-state index contributed by atoms with van der Waals surface area (Å²) in [4.78, 5) is 84.5. The number of hydrogen-bond donors (Lipinski definition) is 2. The zero-order chi connectivity index (χ0) is 39.6. The molecule has 4 aliphatic rings. The fourth-order valence-electron chi connectivity index (χ4n) is 8.10. The number of carbonyl (C=O) groups excluding carboxylic acids is 5. The summed E-state index contributed by atoms with van der Waals surface area (Å²) in [5, 5.41) is 6.29. The number of anilines is 3. The second-order valence-corrected chi connectivity index (χ2v) is 15.0. The number of piperidine rings is 1. The molecule has 3 fully saturated rings. The number of imide groups is 2. The van der Waals surface area contributed by atoms with E-state index in [0.29, 0.717) is 24.1 Å². The fourth-order valence-corrected chi connectivity index (χ4v) is 8.10. The van der Waals surface area contributed by atoms with E-state index in [-0.39, 0.29) is 54.9 Å². The molecule has 0 bridgehead atoms. The maximum Gasteiger partial charge on any atom is 0.270 e. The lowest BCUT2D eigenvalue weighted by molar-refractivity contribution is -0.136. The van der Waals surface area contributed by atoms with Gasteiger partial charge in [0.15, 0.2) is 0 Å². The van der Waals surface area contributed by atoms with Crippen molar-refractivity contribution in [1.29, 1.82) is 0 Å². The van der Waals surface area contributed by atoms with Gasteiger partial charge in [-0.05, 0) is 49.6 Å². The molecule has 0 spiro atoms. The summed E-state index contributed by atoms with van der Waals surface area (Å²) in [6.07, 6.45) is 8.09. The Hall–Kier alpha value is -5.94. The fraction of sp³-hybridized carbons (Fsp3) is 0.450. The summed E-state index contributed by atoms with van der Waals surface area (Å²) in [5.74, 6) is -0.975. The minimum atomic E-state index is -1.03. The van der Waals surface area contributed by atoms with E-state index in [2.05, 4.69) is 35.0 Å². The summed E-state index contributed by atoms with van der Waals surface area (Å²) in [6, 6.07) is 9.85. The number of nitrogens with zero attached hydrogens (tertiary/aromatic N) is 8. The Morgan fingerprint density at radius 3 is 2.47 bits per heavy atom. The van der Waals surface area contributed by atoms with Crippen molar-refractivity contribution in [1.82, 2.24) is 39.5 Å². The van der Waals surface area contributed by atoms with Crippen LogP contribution in [0.4, 0.5) is 17.5 Å². The first-order valence-corrected chi connectivity index (χ1v) is 19.5. The molecular weight excluding hydrogens is 733 g/mol. The van der Waals surface area contributed by atoms with Crippen molar-refractivity contribution in [3.05, 3.63) is 65.6 Å². The molecule has 1 aromatic carbocycles. The maximum absolute atomic E-state index is 13.3. The van der Waals surface area contributed by atoms with E-state index in [4.69, 9.17) is 14.5 Å². The highest BCUT2D eigenvalue weighted by molar-refractivity contribution is 6.24. The molecule has 17 heteroatoms. The number of pyridine rings is 1. The first-order valence-electron chi connectivity index (χ1n) is 19.5. The molecule has 57 heavy (non-hydrogen) atoms. The highest BCUT2D eigenvalue weighted by atomic mass is 16.5. The average molecular weight is 779 g/mol. The lowest BCUT2D eigenvalue weighted by atomic mass is 10.0. The lowest BCUT2D eigenvalue weighted by Crippen LogP contribution is -2.54. The third-order valence-electron chi connectivity index (χ3n) is 11.1. The van der Waals surface area contributed by atoms with Crippen LogP contribution in [0.3, 0.4) is 0 Å². The molecule has 5 amide bonds. The SMILES string of the molecule is CN(C)C(=O)c1cc2cnc(Nc3ccc(N4CCN(CCOCCOc5cccc6c5C(=O)N(C5CCC(=O)NC5=O)C6=O)CC4)cn3)nc2n1C1CCCC1. The topological polar surface area (TPSA) is 184 Å². The van der Waals surface area contributed by atoms with Crippen molar-refractivity contribution in [2.45, 2.75) is 50.6 Å². The molecule has 298 valence electrons. The molecule has 2 saturated heterocycles. The van der Waals surface area contributed by atoms with Crippen LogP contribution < -0.4 is 20.3 Å². The van der Waals surface area contributed by atoms with Gasteiger partial charge >= 0.3 is 0 Å². The number of aromatic nitrogens is 4. The Morgan fingerprint density at radius 2 is 1.74 bits per heavy atom. The van der Waals surface area contributed by atoms with Crippen molar-refractivity contribution in [2.24, 2.45) is 0 Å². The zero-order valence-corrected chi connectivity index (χ0v) is 32.1. The quantitative estimate of drug-likeness (QED) is 0.149. The molecule has 3 aromatic heterocycles. The van der Waals surface area contributed by atoms with E-state index in [9.17, 15) is 24.0 Å². The summed E-state index contributed by atoms with van der Waals surface area (Å²) in [5.41, 5.74) is 2.72. The number of nitrogens with one attached hydrogen (secondary N) is 2. The van der Waals surface area contributed by atoms with Gasteiger partial charge in [-0.15, -0.1) is 0 Å². The van der Waals surface area contributed by atoms with Gasteiger partial charge in [-0.25, -0.2) is 9.97 Å². The summed E-state index contributed by atoms with van der Waals surface area (Å²) >= 11 is 0. The summed E-state index contributed by atoms with van der Waals surface area (Å²) in [6.45, 7) is 5.13. The highest BCUT2D eigenvalue weighted by Crippen LogP contribution is 2.36. The first kappa shape index (κ1) is 38.0. The molecule has 17 nitrogen and oxygen atoms in total. The van der Waals surface area contributed by atoms with Gasteiger partial charge in [0.25, 0.3) is 17.7 Å². The predicted molar refractivity (Wildman–Crippen MR) is 209 cm³/mol. The van der Waals surface area contributed by atoms with Crippen LogP contribution in [0.1, 0.15) is 75.8 Å². The van der Waals surface area contributed by atoms with Crippen LogP contribution in [0, 0.1) is 0 Å². The second-order valence-electron chi connectivity index (χ2n) is 15.0. The van der Waals surface area contributed by atoms with Crippen LogP contribution in [0.15, 0.2) is 48.8 Å². The minimum absolute atomic E-state index is 0.0421. The minimum Gasteiger partial charge on any atom is -0.490 e. The van der Waals surface area contributed by atoms with Crippen LogP contribution >= 0.6 is 0 Å². The smallest absolute Gasteiger partial charge is 0.270 e. The molecule has 6 heterocycles. The number of rotatable bonds is 13. The summed E-state index contributed by atoms with van der Waals surface area (Å²) in [7, 11) is 3.53. The number of amides is 5. The summed E-state index contributed by atoms with van der Waals surface area (Å²) < 4.78 is 13.8. The van der Waals surface area contributed by atoms with E-state index in [1.54, 1.807) is 37.3 Å². The molecule has 2 N–H and O–H groups in total. The Morgan fingerprint density at radius 1 is 0.930 bits per heavy atom. The van der Waals surface area contributed by atoms with E-state index in [0.717, 1.165) is 80.0 Å². The molecule has 4 aromatic rings. The lowest BCUT2D eigenvalue weighted by Gasteiger charge is -2.35. The average Bonchev–Trinajstić information content (AvgIpc) is 3.94. The maximum atomic E-state index is 13.3. The Balaban J connectivity index is 0.782. The molecule has 0 radical (unpaired) electrons. The van der Waals surface area contributed by atoms with Crippen LogP contribution in [0.2, 0.25) is 0 Å². The third-order valence-corrected chi connectivity index (χ3v) is 11.1. The molecule has 8 rings (SSSR count). The van der Waals surface area contributed by atoms with Gasteiger partial charge < -0.3 is 29.2 Å². The van der Waals surface area contributed by atoms with Crippen LogP contribution in [-0.4, -0.2) is 136 Å². The van der Waals surface area contributed by atoms with E-state index < -0.39 is 29.7 Å². The molecule has 1 saturated carbocycles. The van der Waals surface area contributed by atoms with Crippen LogP contribution in [0.5, 0.6) is 5.75 Å². The number of fused-ring (bicyclic) bond motifs is 2. The van der Waals surface area contributed by atoms with Crippen molar-refractivity contribution < 1.29 is 33.4 Å². The number of carbonyl (C=O) groups is 5. The number of hydrogen-bond acceptors (Lipinski definition) is 13. The standard InChI is InChI=1S/C40H46N10O7/c1-46(2)38(54)30-22-25-23-42-40(45-35(25)49(30)26-6-3-4-7-26)43-32-12-10-27(24-41-32)48-16-14-47(15-17-48)18-19-56-20-21-57-31-9-5-8-28-34(31)39(55)50(37(28)53)29-11-13-33(51)44-36(29)52/h5,8-10,12,22-24,26,29H,3-4,6-7,11,13-21H2,1-2H3,(H,44,51,52)(H,41,42,43,45). The van der Waals surface area contributed by atoms with Crippen LogP contribution in [0.25, 0.3) is 11.0 Å². The Labute approximate surface area is 329 Å². The molecule has 1 unspecified atom stereocenters. The van der Waals surface area contributed by atoms with Crippen molar-refractivity contribution in [3.8, 4) is 5.75 Å². The predicted octanol–water partition coefficient (Wildman–Crippen LogP) is 3.01. The van der Waals surface area contributed by atoms with E-state index >= 15 is 0 Å². The van der Waals surface area contributed by atoms with Gasteiger partial charge in [-0.3, -0.25) is 39.1 Å².